The van der Waals surface area contributed by atoms with Crippen LogP contribution in [0.4, 0.5) is 10.8 Å². The van der Waals surface area contributed by atoms with Gasteiger partial charge in [0.2, 0.25) is 0 Å². The van der Waals surface area contributed by atoms with Gasteiger partial charge in [-0.05, 0) is 26.8 Å². The summed E-state index contributed by atoms with van der Waals surface area (Å²) in [6.07, 6.45) is 0.734. The molecule has 8 heteroatoms. The fourth-order valence-electron chi connectivity index (χ4n) is 1.41. The minimum atomic E-state index is -1.01. The highest BCUT2D eigenvalue weighted by atomic mass is 32.1. The maximum atomic E-state index is 11.6. The highest BCUT2D eigenvalue weighted by Gasteiger charge is 2.18. The first-order valence-electron chi connectivity index (χ1n) is 6.02. The molecule has 2 rings (SSSR count). The van der Waals surface area contributed by atoms with Gasteiger partial charge in [0.15, 0.2) is 5.76 Å². The predicted molar refractivity (Wildman–Crippen MR) is 76.6 cm³/mol. The Bertz CT molecular complexity index is 668. The minimum Gasteiger partial charge on any atom is -0.478 e. The monoisotopic (exact) mass is 310 g/mol. The van der Waals surface area contributed by atoms with E-state index in [0.29, 0.717) is 10.6 Å². The summed E-state index contributed by atoms with van der Waals surface area (Å²) in [5.74, 6) is -0.636. The van der Waals surface area contributed by atoms with Gasteiger partial charge in [-0.3, -0.25) is 0 Å². The molecule has 0 aliphatic carbocycles. The number of carboxylic acids is 1. The average Bonchev–Trinajstić information content (AvgIpc) is 2.93. The van der Waals surface area contributed by atoms with Crippen LogP contribution in [0, 0.1) is 0 Å². The molecule has 0 saturated heterocycles. The normalized spacial score (nSPS) is 11.2. The van der Waals surface area contributed by atoms with E-state index >= 15 is 0 Å². The fraction of sp³-hybridized carbons (Fsp3) is 0.308. The van der Waals surface area contributed by atoms with E-state index < -0.39 is 17.7 Å². The van der Waals surface area contributed by atoms with E-state index in [4.69, 9.17) is 14.3 Å². The first kappa shape index (κ1) is 15.0. The number of carbonyl (C=O) groups excluding carboxylic acids is 1. The first-order chi connectivity index (χ1) is 9.74. The Hall–Kier alpha value is -2.35. The topological polar surface area (TPSA) is 102 Å². The van der Waals surface area contributed by atoms with Crippen LogP contribution >= 0.6 is 11.3 Å². The van der Waals surface area contributed by atoms with Gasteiger partial charge in [-0.1, -0.05) is 0 Å². The van der Waals surface area contributed by atoms with Gasteiger partial charge in [0.1, 0.15) is 5.60 Å². The van der Waals surface area contributed by atoms with E-state index in [-0.39, 0.29) is 11.6 Å². The van der Waals surface area contributed by atoms with Crippen molar-refractivity contribution >= 4 is 29.4 Å². The molecule has 0 aliphatic heterocycles. The lowest BCUT2D eigenvalue weighted by molar-refractivity contribution is 0.0630. The molecule has 112 valence electrons. The fourth-order valence-corrected chi connectivity index (χ4v) is 2.24. The van der Waals surface area contributed by atoms with Gasteiger partial charge in [0.25, 0.3) is 0 Å². The number of nitrogens with zero attached hydrogens (tertiary/aromatic N) is 1. The quantitative estimate of drug-likeness (QED) is 0.900. The van der Waals surface area contributed by atoms with Crippen molar-refractivity contribution in [1.82, 2.24) is 4.98 Å². The summed E-state index contributed by atoms with van der Waals surface area (Å²) in [6.45, 7) is 5.23. The number of thiophene rings is 1. The van der Waals surface area contributed by atoms with Crippen molar-refractivity contribution in [2.24, 2.45) is 0 Å². The van der Waals surface area contributed by atoms with Crippen molar-refractivity contribution in [3.05, 3.63) is 23.2 Å². The number of oxazole rings is 1. The Morgan fingerprint density at radius 3 is 2.71 bits per heavy atom. The van der Waals surface area contributed by atoms with Gasteiger partial charge in [-0.25, -0.2) is 19.9 Å². The molecule has 2 N–H and O–H groups in total. The number of rotatable bonds is 3. The van der Waals surface area contributed by atoms with Crippen LogP contribution in [0.5, 0.6) is 0 Å². The van der Waals surface area contributed by atoms with Crippen molar-refractivity contribution in [1.29, 1.82) is 0 Å². The lowest BCUT2D eigenvalue weighted by Gasteiger charge is -2.18. The van der Waals surface area contributed by atoms with Crippen LogP contribution in [-0.4, -0.2) is 27.8 Å². The van der Waals surface area contributed by atoms with Crippen molar-refractivity contribution < 1.29 is 23.8 Å². The number of ether oxygens (including phenoxy) is 1. The molecule has 0 fully saturated rings. The second-order valence-corrected chi connectivity index (χ2v) is 6.07. The number of carbonyl (C=O) groups is 2. The number of aromatic nitrogens is 1. The Labute approximate surface area is 124 Å². The molecule has 1 amide bonds. The zero-order chi connectivity index (χ0) is 15.6. The lowest BCUT2D eigenvalue weighted by atomic mass is 10.2. The maximum absolute atomic E-state index is 11.6. The van der Waals surface area contributed by atoms with Gasteiger partial charge in [-0.15, -0.1) is 11.3 Å². The van der Waals surface area contributed by atoms with Gasteiger partial charge in [-0.2, -0.15) is 0 Å². The number of anilines is 1. The summed E-state index contributed by atoms with van der Waals surface area (Å²) < 4.78 is 10.4. The second-order valence-electron chi connectivity index (χ2n) is 5.16. The summed E-state index contributed by atoms with van der Waals surface area (Å²) >= 11 is 1.21. The van der Waals surface area contributed by atoms with Crippen molar-refractivity contribution in [2.75, 3.05) is 5.32 Å². The largest absolute Gasteiger partial charge is 0.478 e. The standard InChI is InChI=1S/C13H14N2O5S/c1-13(2,3)20-12(18)15-11-14-5-8(19-11)9-4-7(6-21-9)10(16)17/h4-6H,1-3H3,(H,16,17)(H,14,15,18). The summed E-state index contributed by atoms with van der Waals surface area (Å²) in [6, 6.07) is 1.47. The van der Waals surface area contributed by atoms with Crippen molar-refractivity contribution in [3.63, 3.8) is 0 Å². The van der Waals surface area contributed by atoms with Crippen LogP contribution in [0.3, 0.4) is 0 Å². The van der Waals surface area contributed by atoms with Gasteiger partial charge in [0.05, 0.1) is 16.6 Å². The lowest BCUT2D eigenvalue weighted by Crippen LogP contribution is -2.27. The van der Waals surface area contributed by atoms with Gasteiger partial charge >= 0.3 is 18.1 Å². The van der Waals surface area contributed by atoms with E-state index in [1.54, 1.807) is 20.8 Å². The molecule has 0 aromatic carbocycles. The van der Waals surface area contributed by atoms with Crippen LogP contribution < -0.4 is 5.32 Å². The number of hydrogen-bond donors (Lipinski definition) is 2. The third-order valence-corrected chi connectivity index (χ3v) is 3.15. The summed E-state index contributed by atoms with van der Waals surface area (Å²) in [7, 11) is 0. The molecule has 2 heterocycles. The molecule has 0 spiro atoms. The SMILES string of the molecule is CC(C)(C)OC(=O)Nc1ncc(-c2cc(C(=O)O)cs2)o1. The van der Waals surface area contributed by atoms with Crippen LogP contribution in [0.2, 0.25) is 0 Å². The van der Waals surface area contributed by atoms with E-state index in [1.807, 2.05) is 0 Å². The zero-order valence-corrected chi connectivity index (χ0v) is 12.5. The number of hydrogen-bond acceptors (Lipinski definition) is 6. The Kier molecular flexibility index (Phi) is 3.99. The van der Waals surface area contributed by atoms with E-state index in [1.165, 1.54) is 29.0 Å². The molecular weight excluding hydrogens is 296 g/mol. The first-order valence-corrected chi connectivity index (χ1v) is 6.90. The van der Waals surface area contributed by atoms with Crippen molar-refractivity contribution in [2.45, 2.75) is 26.4 Å². The highest BCUT2D eigenvalue weighted by molar-refractivity contribution is 7.13. The molecule has 7 nitrogen and oxygen atoms in total. The Balaban J connectivity index is 2.07. The molecule has 0 saturated carbocycles. The second kappa shape index (κ2) is 5.57. The molecule has 2 aromatic rings. The van der Waals surface area contributed by atoms with Crippen molar-refractivity contribution in [3.8, 4) is 10.6 Å². The molecule has 0 bridgehead atoms. The highest BCUT2D eigenvalue weighted by Crippen LogP contribution is 2.29. The van der Waals surface area contributed by atoms with Crippen LogP contribution in [0.15, 0.2) is 22.1 Å². The number of nitrogens with one attached hydrogen (secondary N) is 1. The van der Waals surface area contributed by atoms with E-state index in [2.05, 4.69) is 10.3 Å². The smallest absolute Gasteiger partial charge is 0.415 e. The minimum absolute atomic E-state index is 0.00970. The summed E-state index contributed by atoms with van der Waals surface area (Å²) in [5, 5.41) is 12.7. The molecule has 21 heavy (non-hydrogen) atoms. The van der Waals surface area contributed by atoms with Crippen LogP contribution in [0.25, 0.3) is 10.6 Å². The molecule has 2 aromatic heterocycles. The number of carboxylic acid groups (broad SMARTS) is 1. The average molecular weight is 310 g/mol. The maximum Gasteiger partial charge on any atom is 0.415 e. The molecule has 0 unspecified atom stereocenters. The number of amides is 1. The third kappa shape index (κ3) is 4.06. The molecule has 0 aliphatic rings. The number of aromatic carboxylic acids is 1. The van der Waals surface area contributed by atoms with Crippen LogP contribution in [-0.2, 0) is 4.74 Å². The van der Waals surface area contributed by atoms with Gasteiger partial charge in [0, 0.05) is 5.38 Å². The third-order valence-electron chi connectivity index (χ3n) is 2.20. The Morgan fingerprint density at radius 2 is 2.14 bits per heavy atom. The van der Waals surface area contributed by atoms with E-state index in [0.717, 1.165) is 0 Å². The molecular formula is C13H14N2O5S. The predicted octanol–water partition coefficient (Wildman–Crippen LogP) is 3.45. The summed E-state index contributed by atoms with van der Waals surface area (Å²) in [4.78, 5) is 26.9. The zero-order valence-electron chi connectivity index (χ0n) is 11.7. The van der Waals surface area contributed by atoms with Gasteiger partial charge < -0.3 is 14.3 Å². The molecule has 0 radical (unpaired) electrons. The van der Waals surface area contributed by atoms with Crippen LogP contribution in [0.1, 0.15) is 31.1 Å². The molecule has 0 atom stereocenters. The Morgan fingerprint density at radius 1 is 1.43 bits per heavy atom. The summed E-state index contributed by atoms with van der Waals surface area (Å²) in [5.41, 5.74) is -0.447. The van der Waals surface area contributed by atoms with E-state index in [9.17, 15) is 9.59 Å².